The zero-order valence-electron chi connectivity index (χ0n) is 17.9. The Morgan fingerprint density at radius 3 is 2.53 bits per heavy atom. The number of aliphatic imine (C=N–C) groups is 1. The molecular formula is C23H21ClN4O2S2. The number of thiazole rings is 1. The summed E-state index contributed by atoms with van der Waals surface area (Å²) in [5.41, 5.74) is 11.6. The fourth-order valence-corrected chi connectivity index (χ4v) is 6.48. The number of aryl methyl sites for hydroxylation is 2. The Hall–Kier alpha value is -2.68. The van der Waals surface area contributed by atoms with Gasteiger partial charge in [0.2, 0.25) is 5.13 Å². The number of benzene rings is 1. The number of hydrogen-bond donors (Lipinski definition) is 2. The van der Waals surface area contributed by atoms with Crippen LogP contribution in [0.2, 0.25) is 5.02 Å². The van der Waals surface area contributed by atoms with Crippen molar-refractivity contribution in [1.29, 1.82) is 0 Å². The maximum absolute atomic E-state index is 12.3. The Kier molecular flexibility index (Phi) is 6.11. The van der Waals surface area contributed by atoms with E-state index < -0.39 is 5.97 Å². The number of carboxylic acids is 1. The highest BCUT2D eigenvalue weighted by molar-refractivity contribution is 8.01. The molecule has 9 heteroatoms. The normalized spacial score (nSPS) is 16.3. The maximum Gasteiger partial charge on any atom is 0.355 e. The molecule has 3 N–H and O–H groups in total. The first-order chi connectivity index (χ1) is 15.2. The van der Waals surface area contributed by atoms with Crippen LogP contribution < -0.4 is 5.73 Å². The molecule has 1 unspecified atom stereocenters. The van der Waals surface area contributed by atoms with Crippen molar-refractivity contribution in [1.82, 2.24) is 9.97 Å². The maximum atomic E-state index is 12.3. The van der Waals surface area contributed by atoms with E-state index in [0.29, 0.717) is 27.0 Å². The Morgan fingerprint density at radius 2 is 1.91 bits per heavy atom. The molecule has 1 atom stereocenters. The zero-order valence-corrected chi connectivity index (χ0v) is 20.3. The lowest BCUT2D eigenvalue weighted by molar-refractivity contribution is -0.129. The van der Waals surface area contributed by atoms with Crippen molar-refractivity contribution in [3.05, 3.63) is 63.6 Å². The molecule has 0 saturated heterocycles. The van der Waals surface area contributed by atoms with E-state index in [0.717, 1.165) is 32.4 Å². The lowest BCUT2D eigenvalue weighted by atomic mass is 9.98. The van der Waals surface area contributed by atoms with E-state index in [1.54, 1.807) is 30.8 Å². The number of halogens is 1. The third-order valence-corrected chi connectivity index (χ3v) is 7.61. The summed E-state index contributed by atoms with van der Waals surface area (Å²) in [4.78, 5) is 25.7. The molecule has 3 heterocycles. The molecule has 4 rings (SSSR count). The molecule has 164 valence electrons. The van der Waals surface area contributed by atoms with Crippen LogP contribution in [0.4, 0.5) is 5.13 Å². The van der Waals surface area contributed by atoms with Crippen LogP contribution in [0.15, 0.2) is 45.2 Å². The molecule has 0 spiro atoms. The summed E-state index contributed by atoms with van der Waals surface area (Å²) < 4.78 is 0.965. The van der Waals surface area contributed by atoms with Crippen LogP contribution in [-0.2, 0) is 4.79 Å². The van der Waals surface area contributed by atoms with Crippen LogP contribution in [-0.4, -0.2) is 26.8 Å². The lowest BCUT2D eigenvalue weighted by Gasteiger charge is -2.21. The highest BCUT2D eigenvalue weighted by atomic mass is 35.5. The minimum atomic E-state index is -1.18. The number of aliphatic carboxylic acids is 1. The molecule has 0 radical (unpaired) electrons. The van der Waals surface area contributed by atoms with Crippen molar-refractivity contribution in [3.63, 3.8) is 0 Å². The topological polar surface area (TPSA) is 101 Å². The molecular weight excluding hydrogens is 464 g/mol. The largest absolute Gasteiger partial charge is 0.476 e. The summed E-state index contributed by atoms with van der Waals surface area (Å²) in [5, 5.41) is 11.2. The first kappa shape index (κ1) is 22.5. The van der Waals surface area contributed by atoms with Gasteiger partial charge in [0.1, 0.15) is 0 Å². The van der Waals surface area contributed by atoms with Crippen molar-refractivity contribution in [2.24, 2.45) is 10.7 Å². The minimum absolute atomic E-state index is 0.154. The number of pyridine rings is 1. The SMILES string of the molecule is CC(N)=C(C(=Nc1nc2c(s1)SC(C)c1cccc(Cl)c1-2)C(=O)O)c1cc(C)nc(C)c1. The van der Waals surface area contributed by atoms with E-state index >= 15 is 0 Å². The molecule has 0 aliphatic carbocycles. The number of carbonyl (C=O) groups is 1. The van der Waals surface area contributed by atoms with Gasteiger partial charge in [-0.1, -0.05) is 35.1 Å². The molecule has 3 aromatic rings. The van der Waals surface area contributed by atoms with Crippen molar-refractivity contribution in [2.75, 3.05) is 0 Å². The predicted octanol–water partition coefficient (Wildman–Crippen LogP) is 6.19. The molecule has 1 aliphatic heterocycles. The average molecular weight is 485 g/mol. The van der Waals surface area contributed by atoms with E-state index in [9.17, 15) is 9.90 Å². The number of fused-ring (bicyclic) bond motifs is 3. The Bertz CT molecular complexity index is 1290. The van der Waals surface area contributed by atoms with Crippen molar-refractivity contribution in [3.8, 4) is 11.3 Å². The number of hydrogen-bond acceptors (Lipinski definition) is 7. The van der Waals surface area contributed by atoms with Crippen LogP contribution >= 0.6 is 34.7 Å². The van der Waals surface area contributed by atoms with E-state index in [2.05, 4.69) is 21.9 Å². The molecule has 1 aliphatic rings. The predicted molar refractivity (Wildman–Crippen MR) is 132 cm³/mol. The highest BCUT2D eigenvalue weighted by Crippen LogP contribution is 2.54. The summed E-state index contributed by atoms with van der Waals surface area (Å²) >= 11 is 9.52. The van der Waals surface area contributed by atoms with Crippen LogP contribution in [0.5, 0.6) is 0 Å². The first-order valence-corrected chi connectivity index (χ1v) is 11.9. The third kappa shape index (κ3) is 4.18. The summed E-state index contributed by atoms with van der Waals surface area (Å²) in [5.74, 6) is -1.18. The number of nitrogens with zero attached hydrogens (tertiary/aromatic N) is 3. The van der Waals surface area contributed by atoms with Crippen molar-refractivity contribution in [2.45, 2.75) is 37.2 Å². The summed E-state index contributed by atoms with van der Waals surface area (Å²) in [6, 6.07) is 9.41. The zero-order chi connectivity index (χ0) is 23.2. The number of aromatic nitrogens is 2. The van der Waals surface area contributed by atoms with Gasteiger partial charge in [0.05, 0.1) is 14.9 Å². The first-order valence-electron chi connectivity index (χ1n) is 9.86. The second kappa shape index (κ2) is 8.69. The molecule has 2 aromatic heterocycles. The van der Waals surface area contributed by atoms with E-state index in [1.807, 2.05) is 32.0 Å². The van der Waals surface area contributed by atoms with Gasteiger partial charge in [-0.05, 0) is 57.0 Å². The standard InChI is InChI=1S/C23H21ClN4O2S2/c1-10-8-14(9-11(2)26-10)17(12(3)25)19(21(29)30)27-23-28-20-18-15(6-5-7-16(18)24)13(4)31-22(20)32-23/h5-9,13H,25H2,1-4H3,(H,29,30). The summed E-state index contributed by atoms with van der Waals surface area (Å²) in [7, 11) is 0. The Morgan fingerprint density at radius 1 is 1.22 bits per heavy atom. The molecule has 0 saturated carbocycles. The van der Waals surface area contributed by atoms with Crippen LogP contribution in [0.25, 0.3) is 16.8 Å². The molecule has 0 amide bonds. The second-order valence-corrected chi connectivity index (χ2v) is 10.6. The van der Waals surface area contributed by atoms with Crippen molar-refractivity contribution >= 4 is 57.1 Å². The molecule has 1 aromatic carbocycles. The van der Waals surface area contributed by atoms with E-state index in [1.165, 1.54) is 11.3 Å². The monoisotopic (exact) mass is 484 g/mol. The van der Waals surface area contributed by atoms with Crippen LogP contribution in [0.1, 0.15) is 41.6 Å². The van der Waals surface area contributed by atoms with Gasteiger partial charge in [0.25, 0.3) is 0 Å². The molecule has 0 fully saturated rings. The number of thioether (sulfide) groups is 1. The minimum Gasteiger partial charge on any atom is -0.476 e. The Labute approximate surface area is 199 Å². The van der Waals surface area contributed by atoms with Gasteiger partial charge in [-0.3, -0.25) is 4.98 Å². The van der Waals surface area contributed by atoms with Gasteiger partial charge >= 0.3 is 5.97 Å². The number of carboxylic acid groups (broad SMARTS) is 1. The fraction of sp³-hybridized carbons (Fsp3) is 0.217. The number of rotatable bonds is 4. The average Bonchev–Trinajstić information content (AvgIpc) is 3.08. The molecule has 0 bridgehead atoms. The fourth-order valence-electron chi connectivity index (χ4n) is 3.77. The lowest BCUT2D eigenvalue weighted by Crippen LogP contribution is -2.18. The van der Waals surface area contributed by atoms with E-state index in [4.69, 9.17) is 17.3 Å². The van der Waals surface area contributed by atoms with Crippen molar-refractivity contribution < 1.29 is 9.90 Å². The van der Waals surface area contributed by atoms with E-state index in [-0.39, 0.29) is 11.0 Å². The van der Waals surface area contributed by atoms with Gasteiger partial charge in [-0.15, -0.1) is 11.8 Å². The second-order valence-electron chi connectivity index (χ2n) is 7.56. The van der Waals surface area contributed by atoms with Gasteiger partial charge in [-0.2, -0.15) is 0 Å². The third-order valence-electron chi connectivity index (χ3n) is 5.00. The van der Waals surface area contributed by atoms with Gasteiger partial charge in [0, 0.05) is 33.5 Å². The van der Waals surface area contributed by atoms with Gasteiger partial charge < -0.3 is 10.8 Å². The number of allylic oxidation sites excluding steroid dienone is 1. The smallest absolute Gasteiger partial charge is 0.355 e. The van der Waals surface area contributed by atoms with Crippen LogP contribution in [0.3, 0.4) is 0 Å². The quantitative estimate of drug-likeness (QED) is 0.428. The van der Waals surface area contributed by atoms with Crippen LogP contribution in [0, 0.1) is 13.8 Å². The van der Waals surface area contributed by atoms with Gasteiger partial charge in [-0.25, -0.2) is 14.8 Å². The molecule has 32 heavy (non-hydrogen) atoms. The highest BCUT2D eigenvalue weighted by Gasteiger charge is 2.29. The molecule has 6 nitrogen and oxygen atoms in total. The summed E-state index contributed by atoms with van der Waals surface area (Å²) in [6.07, 6.45) is 0. The summed E-state index contributed by atoms with van der Waals surface area (Å²) in [6.45, 7) is 7.48. The van der Waals surface area contributed by atoms with Gasteiger partial charge in [0.15, 0.2) is 5.71 Å². The Balaban J connectivity index is 1.87. The number of nitrogens with two attached hydrogens (primary N) is 1.